The third-order valence-electron chi connectivity index (χ3n) is 6.38. The number of rotatable bonds is 7. The number of nitrogens with one attached hydrogen (secondary N) is 1. The molecule has 1 aliphatic rings. The van der Waals surface area contributed by atoms with Crippen LogP contribution < -0.4 is 5.32 Å². The third-order valence-corrected chi connectivity index (χ3v) is 8.87. The minimum atomic E-state index is -3.82. The van der Waals surface area contributed by atoms with Crippen LogP contribution in [0.2, 0.25) is 0 Å². The Hall–Kier alpha value is -3.24. The maximum Gasteiger partial charge on any atom is 0.306 e. The van der Waals surface area contributed by atoms with Gasteiger partial charge in [0.15, 0.2) is 5.65 Å². The first-order valence-corrected chi connectivity index (χ1v) is 14.5. The van der Waals surface area contributed by atoms with Crippen molar-refractivity contribution in [3.8, 4) is 10.6 Å². The van der Waals surface area contributed by atoms with Crippen molar-refractivity contribution in [2.75, 3.05) is 5.32 Å². The average molecular weight is 539 g/mol. The summed E-state index contributed by atoms with van der Waals surface area (Å²) >= 11 is 1.50. The zero-order valence-electron chi connectivity index (χ0n) is 21.3. The highest BCUT2D eigenvalue weighted by atomic mass is 32.2. The quantitative estimate of drug-likeness (QED) is 0.304. The number of esters is 1. The van der Waals surface area contributed by atoms with Crippen molar-refractivity contribution in [3.63, 3.8) is 0 Å². The molecule has 4 aromatic rings. The molecular weight excluding hydrogens is 508 g/mol. The third kappa shape index (κ3) is 5.26. The summed E-state index contributed by atoms with van der Waals surface area (Å²) in [5.74, 6) is 0.0728. The fraction of sp³-hybridized carbons (Fsp3) is 0.370. The van der Waals surface area contributed by atoms with Gasteiger partial charge in [0.05, 0.1) is 16.1 Å². The summed E-state index contributed by atoms with van der Waals surface area (Å²) in [5.41, 5.74) is 2.48. The van der Waals surface area contributed by atoms with Crippen molar-refractivity contribution >= 4 is 44.1 Å². The molecule has 0 bridgehead atoms. The van der Waals surface area contributed by atoms with Crippen LogP contribution in [0.15, 0.2) is 59.2 Å². The standard InChI is InChI=1S/C27H30N4O4S2/c1-17-5-7-20(8-6-17)37(33,34)31-11-9-21-24(22(16-29-25(21)31)26-28-10-12-36-26)30-19-13-18(14-19)15-23(32)35-27(2,3)4/h5-12,16,18-19H,13-15H2,1-4H3,(H,29,30). The zero-order valence-corrected chi connectivity index (χ0v) is 22.9. The fourth-order valence-corrected chi connectivity index (χ4v) is 6.55. The highest BCUT2D eigenvalue weighted by molar-refractivity contribution is 7.90. The lowest BCUT2D eigenvalue weighted by atomic mass is 9.78. The largest absolute Gasteiger partial charge is 0.460 e. The molecule has 0 saturated heterocycles. The summed E-state index contributed by atoms with van der Waals surface area (Å²) in [7, 11) is -3.82. The number of fused-ring (bicyclic) bond motifs is 1. The number of aryl methyl sites for hydroxylation is 1. The van der Waals surface area contributed by atoms with Gasteiger partial charge in [0, 0.05) is 41.8 Å². The van der Waals surface area contributed by atoms with Crippen LogP contribution >= 0.6 is 11.3 Å². The van der Waals surface area contributed by atoms with Crippen LogP contribution in [0.25, 0.3) is 21.6 Å². The zero-order chi connectivity index (χ0) is 26.4. The molecule has 0 spiro atoms. The van der Waals surface area contributed by atoms with Gasteiger partial charge in [0.1, 0.15) is 10.6 Å². The summed E-state index contributed by atoms with van der Waals surface area (Å²) in [5, 5.41) is 7.02. The van der Waals surface area contributed by atoms with Crippen LogP contribution in [0, 0.1) is 12.8 Å². The number of benzene rings is 1. The first-order chi connectivity index (χ1) is 17.5. The lowest BCUT2D eigenvalue weighted by Crippen LogP contribution is -2.37. The van der Waals surface area contributed by atoms with Gasteiger partial charge in [0.2, 0.25) is 0 Å². The van der Waals surface area contributed by atoms with Crippen molar-refractivity contribution in [2.45, 2.75) is 63.5 Å². The number of pyridine rings is 1. The number of thiazole rings is 1. The van der Waals surface area contributed by atoms with E-state index in [1.54, 1.807) is 48.9 Å². The second kappa shape index (κ2) is 9.57. The molecule has 1 N–H and O–H groups in total. The van der Waals surface area contributed by atoms with Crippen molar-refractivity contribution < 1.29 is 17.9 Å². The number of aromatic nitrogens is 3. The van der Waals surface area contributed by atoms with Crippen LogP contribution in [0.1, 0.15) is 45.6 Å². The lowest BCUT2D eigenvalue weighted by Gasteiger charge is -2.37. The Morgan fingerprint density at radius 2 is 1.89 bits per heavy atom. The number of ether oxygens (including phenoxy) is 1. The van der Waals surface area contributed by atoms with E-state index in [1.165, 1.54) is 15.3 Å². The van der Waals surface area contributed by atoms with Gasteiger partial charge in [-0.25, -0.2) is 22.4 Å². The van der Waals surface area contributed by atoms with Gasteiger partial charge in [-0.15, -0.1) is 11.3 Å². The number of carbonyl (C=O) groups is 1. The Bertz CT molecular complexity index is 1530. The topological polar surface area (TPSA) is 103 Å². The minimum Gasteiger partial charge on any atom is -0.460 e. The summed E-state index contributed by atoms with van der Waals surface area (Å²) in [6, 6.07) is 8.71. The fourth-order valence-electron chi connectivity index (χ4n) is 4.60. The molecule has 0 unspecified atom stereocenters. The molecule has 0 atom stereocenters. The first kappa shape index (κ1) is 25.4. The summed E-state index contributed by atoms with van der Waals surface area (Å²) < 4.78 is 33.6. The van der Waals surface area contributed by atoms with Crippen LogP contribution in [0.4, 0.5) is 5.69 Å². The second-order valence-electron chi connectivity index (χ2n) is 10.5. The summed E-state index contributed by atoms with van der Waals surface area (Å²) in [6.07, 6.45) is 7.01. The number of hydrogen-bond donors (Lipinski definition) is 1. The van der Waals surface area contributed by atoms with Gasteiger partial charge >= 0.3 is 5.97 Å². The van der Waals surface area contributed by atoms with E-state index in [9.17, 15) is 13.2 Å². The minimum absolute atomic E-state index is 0.147. The van der Waals surface area contributed by atoms with Gasteiger partial charge in [-0.2, -0.15) is 0 Å². The summed E-state index contributed by atoms with van der Waals surface area (Å²) in [6.45, 7) is 7.53. The van der Waals surface area contributed by atoms with Crippen molar-refractivity contribution in [3.05, 3.63) is 59.9 Å². The molecule has 1 saturated carbocycles. The van der Waals surface area contributed by atoms with Crippen LogP contribution in [-0.4, -0.2) is 40.0 Å². The second-order valence-corrected chi connectivity index (χ2v) is 13.2. The first-order valence-electron chi connectivity index (χ1n) is 12.2. The van der Waals surface area contributed by atoms with E-state index in [-0.39, 0.29) is 22.8 Å². The van der Waals surface area contributed by atoms with E-state index in [0.717, 1.165) is 34.7 Å². The van der Waals surface area contributed by atoms with E-state index in [0.29, 0.717) is 17.5 Å². The van der Waals surface area contributed by atoms with Gasteiger partial charge in [-0.1, -0.05) is 17.7 Å². The van der Waals surface area contributed by atoms with Crippen LogP contribution in [0.3, 0.4) is 0 Å². The summed E-state index contributed by atoms with van der Waals surface area (Å²) in [4.78, 5) is 21.4. The maximum atomic E-state index is 13.4. The number of carbonyl (C=O) groups excluding carboxylic acids is 1. The van der Waals surface area contributed by atoms with Gasteiger partial charge in [-0.05, 0) is 64.7 Å². The highest BCUT2D eigenvalue weighted by Gasteiger charge is 2.33. The Kier molecular flexibility index (Phi) is 6.57. The van der Waals surface area contributed by atoms with Crippen LogP contribution in [0.5, 0.6) is 0 Å². The van der Waals surface area contributed by atoms with Gasteiger partial charge in [0.25, 0.3) is 10.0 Å². The van der Waals surface area contributed by atoms with E-state index in [2.05, 4.69) is 15.3 Å². The molecule has 8 nitrogen and oxygen atoms in total. The molecule has 194 valence electrons. The van der Waals surface area contributed by atoms with Crippen LogP contribution in [-0.2, 0) is 19.6 Å². The molecule has 37 heavy (non-hydrogen) atoms. The van der Waals surface area contributed by atoms with E-state index in [4.69, 9.17) is 4.74 Å². The van der Waals surface area contributed by atoms with Gasteiger partial charge < -0.3 is 10.1 Å². The molecule has 0 radical (unpaired) electrons. The molecule has 1 aliphatic carbocycles. The molecule has 0 amide bonds. The van der Waals surface area contributed by atoms with E-state index < -0.39 is 15.6 Å². The van der Waals surface area contributed by atoms with Crippen molar-refractivity contribution in [2.24, 2.45) is 5.92 Å². The van der Waals surface area contributed by atoms with Gasteiger partial charge in [-0.3, -0.25) is 4.79 Å². The Balaban J connectivity index is 1.44. The predicted octanol–water partition coefficient (Wildman–Crippen LogP) is 5.63. The number of anilines is 1. The average Bonchev–Trinajstić information content (AvgIpc) is 3.47. The molecule has 3 heterocycles. The molecule has 1 fully saturated rings. The Morgan fingerprint density at radius 3 is 2.54 bits per heavy atom. The van der Waals surface area contributed by atoms with E-state index >= 15 is 0 Å². The highest BCUT2D eigenvalue weighted by Crippen LogP contribution is 2.40. The molecule has 3 aromatic heterocycles. The Labute approximate surface area is 220 Å². The normalized spacial score (nSPS) is 17.9. The molecular formula is C27H30N4O4S2. The smallest absolute Gasteiger partial charge is 0.306 e. The van der Waals surface area contributed by atoms with E-state index in [1.807, 2.05) is 33.1 Å². The maximum absolute atomic E-state index is 13.4. The lowest BCUT2D eigenvalue weighted by molar-refractivity contribution is -0.156. The Morgan fingerprint density at radius 1 is 1.16 bits per heavy atom. The molecule has 0 aliphatic heterocycles. The SMILES string of the molecule is Cc1ccc(S(=O)(=O)n2ccc3c(NC4CC(CC(=O)OC(C)(C)C)C4)c(-c4nccs4)cnc32)cc1. The number of nitrogens with zero attached hydrogens (tertiary/aromatic N) is 3. The molecule has 10 heteroatoms. The molecule has 5 rings (SSSR count). The monoisotopic (exact) mass is 538 g/mol. The predicted molar refractivity (Wildman–Crippen MR) is 145 cm³/mol. The number of hydrogen-bond acceptors (Lipinski definition) is 8. The van der Waals surface area contributed by atoms with Crippen molar-refractivity contribution in [1.29, 1.82) is 0 Å². The molecule has 1 aromatic carbocycles. The van der Waals surface area contributed by atoms with Crippen molar-refractivity contribution in [1.82, 2.24) is 13.9 Å².